The molecule has 1 amide bonds. The van der Waals surface area contributed by atoms with Crippen molar-refractivity contribution in [3.05, 3.63) is 54.1 Å². The van der Waals surface area contributed by atoms with E-state index in [-0.39, 0.29) is 12.2 Å². The fourth-order valence-corrected chi connectivity index (χ4v) is 4.25. The summed E-state index contributed by atoms with van der Waals surface area (Å²) in [5, 5.41) is 11.1. The molecule has 0 saturated carbocycles. The number of benzene rings is 2. The number of rotatable bonds is 6. The van der Waals surface area contributed by atoms with Crippen LogP contribution < -0.4 is 14.4 Å². The van der Waals surface area contributed by atoms with Crippen LogP contribution in [0.1, 0.15) is 18.4 Å². The predicted octanol–water partition coefficient (Wildman–Crippen LogP) is 3.01. The molecule has 0 bridgehead atoms. The number of piperidine rings is 1. The van der Waals surface area contributed by atoms with Crippen LogP contribution >= 0.6 is 0 Å². The highest BCUT2D eigenvalue weighted by Gasteiger charge is 2.38. The molecule has 0 aromatic heterocycles. The van der Waals surface area contributed by atoms with Crippen molar-refractivity contribution in [2.24, 2.45) is 0 Å². The first-order chi connectivity index (χ1) is 14.5. The summed E-state index contributed by atoms with van der Waals surface area (Å²) in [6, 6.07) is 15.1. The van der Waals surface area contributed by atoms with Crippen LogP contribution in [0, 0.1) is 0 Å². The summed E-state index contributed by atoms with van der Waals surface area (Å²) in [5.74, 6) is 1.43. The van der Waals surface area contributed by atoms with Gasteiger partial charge in [0.2, 0.25) is 0 Å². The van der Waals surface area contributed by atoms with Gasteiger partial charge in [0.15, 0.2) is 0 Å². The van der Waals surface area contributed by atoms with Gasteiger partial charge in [-0.3, -0.25) is 9.80 Å². The average Bonchev–Trinajstić information content (AvgIpc) is 3.15. The Labute approximate surface area is 176 Å². The number of nitrogens with zero attached hydrogens (tertiary/aromatic N) is 2. The minimum Gasteiger partial charge on any atom is -0.497 e. The molecule has 2 aromatic carbocycles. The monoisotopic (exact) mass is 412 g/mol. The number of hydrogen-bond acceptors (Lipinski definition) is 6. The Hall–Kier alpha value is -2.77. The number of likely N-dealkylation sites (tertiary alicyclic amines) is 1. The molecule has 2 heterocycles. The minimum atomic E-state index is -0.835. The van der Waals surface area contributed by atoms with Crippen molar-refractivity contribution in [1.82, 2.24) is 4.90 Å². The summed E-state index contributed by atoms with van der Waals surface area (Å²) in [5.41, 5.74) is 0.802. The van der Waals surface area contributed by atoms with Crippen LogP contribution in [0.3, 0.4) is 0 Å². The second-order valence-electron chi connectivity index (χ2n) is 7.85. The fraction of sp³-hybridized carbons (Fsp3) is 0.435. The van der Waals surface area contributed by atoms with Crippen molar-refractivity contribution in [2.75, 3.05) is 45.3 Å². The summed E-state index contributed by atoms with van der Waals surface area (Å²) < 4.78 is 16.2. The fourth-order valence-electron chi connectivity index (χ4n) is 4.25. The Kier molecular flexibility index (Phi) is 5.83. The van der Waals surface area contributed by atoms with Gasteiger partial charge >= 0.3 is 6.09 Å². The highest BCUT2D eigenvalue weighted by molar-refractivity contribution is 5.91. The third-order valence-corrected chi connectivity index (χ3v) is 6.02. The van der Waals surface area contributed by atoms with E-state index in [4.69, 9.17) is 14.2 Å². The number of aliphatic hydroxyl groups is 1. The van der Waals surface area contributed by atoms with Gasteiger partial charge in [-0.2, -0.15) is 0 Å². The lowest BCUT2D eigenvalue weighted by atomic mass is 9.84. The second kappa shape index (κ2) is 8.53. The summed E-state index contributed by atoms with van der Waals surface area (Å²) in [7, 11) is 3.22. The summed E-state index contributed by atoms with van der Waals surface area (Å²) in [6.07, 6.45) is 0.706. The smallest absolute Gasteiger partial charge is 0.414 e. The molecule has 0 radical (unpaired) electrons. The number of cyclic esters (lactones) is 1. The first kappa shape index (κ1) is 20.5. The van der Waals surface area contributed by atoms with E-state index in [1.165, 1.54) is 0 Å². The van der Waals surface area contributed by atoms with E-state index < -0.39 is 5.60 Å². The number of ether oxygens (including phenoxy) is 3. The molecule has 30 heavy (non-hydrogen) atoms. The molecular formula is C23H28N2O5. The van der Waals surface area contributed by atoms with Crippen LogP contribution in [-0.2, 0) is 10.3 Å². The van der Waals surface area contributed by atoms with Crippen molar-refractivity contribution in [3.8, 4) is 11.5 Å². The number of hydrogen-bond donors (Lipinski definition) is 1. The van der Waals surface area contributed by atoms with Crippen LogP contribution in [0.4, 0.5) is 10.5 Å². The molecule has 1 unspecified atom stereocenters. The third kappa shape index (κ3) is 4.08. The van der Waals surface area contributed by atoms with Crippen molar-refractivity contribution in [2.45, 2.75) is 24.5 Å². The van der Waals surface area contributed by atoms with E-state index in [9.17, 15) is 9.90 Å². The predicted molar refractivity (Wildman–Crippen MR) is 113 cm³/mol. The lowest BCUT2D eigenvalue weighted by Crippen LogP contribution is -2.45. The molecule has 1 atom stereocenters. The van der Waals surface area contributed by atoms with E-state index in [1.54, 1.807) is 19.1 Å². The summed E-state index contributed by atoms with van der Waals surface area (Å²) >= 11 is 0. The Bertz CT molecular complexity index is 877. The van der Waals surface area contributed by atoms with E-state index in [0.717, 1.165) is 30.1 Å². The minimum absolute atomic E-state index is 0.213. The van der Waals surface area contributed by atoms with Crippen molar-refractivity contribution in [3.63, 3.8) is 0 Å². The Morgan fingerprint density at radius 3 is 2.43 bits per heavy atom. The standard InChI is InChI=1S/C23H28N2O5/c1-28-18-9-7-17(8-10-18)23(27)11-13-24(14-12-23)15-19-16-25(22(26)30-19)20-5-3-4-6-21(20)29-2/h3-10,19,27H,11-16H2,1-2H3. The average molecular weight is 412 g/mol. The largest absolute Gasteiger partial charge is 0.497 e. The first-order valence-corrected chi connectivity index (χ1v) is 10.2. The van der Waals surface area contributed by atoms with Crippen LogP contribution in [0.2, 0.25) is 0 Å². The lowest BCUT2D eigenvalue weighted by molar-refractivity contribution is -0.0325. The van der Waals surface area contributed by atoms with Gasteiger partial charge < -0.3 is 19.3 Å². The normalized spacial score (nSPS) is 21.4. The molecule has 2 fully saturated rings. The topological polar surface area (TPSA) is 71.5 Å². The quantitative estimate of drug-likeness (QED) is 0.787. The number of amides is 1. The zero-order chi connectivity index (χ0) is 21.1. The van der Waals surface area contributed by atoms with Gasteiger partial charge in [0.05, 0.1) is 32.1 Å². The third-order valence-electron chi connectivity index (χ3n) is 6.02. The number of carbonyl (C=O) groups is 1. The maximum atomic E-state index is 12.4. The van der Waals surface area contributed by atoms with Gasteiger partial charge in [0, 0.05) is 19.6 Å². The van der Waals surface area contributed by atoms with Crippen molar-refractivity contribution in [1.29, 1.82) is 0 Å². The Morgan fingerprint density at radius 1 is 1.07 bits per heavy atom. The zero-order valence-corrected chi connectivity index (χ0v) is 17.4. The van der Waals surface area contributed by atoms with Gasteiger partial charge in [-0.1, -0.05) is 24.3 Å². The summed E-state index contributed by atoms with van der Waals surface area (Å²) in [6.45, 7) is 2.62. The molecular weight excluding hydrogens is 384 g/mol. The molecule has 2 aliphatic rings. The maximum Gasteiger partial charge on any atom is 0.414 e. The van der Waals surface area contributed by atoms with Crippen LogP contribution in [0.5, 0.6) is 11.5 Å². The molecule has 0 spiro atoms. The van der Waals surface area contributed by atoms with Crippen LogP contribution in [0.25, 0.3) is 0 Å². The number of para-hydroxylation sites is 2. The Balaban J connectivity index is 1.34. The molecule has 0 aliphatic carbocycles. The summed E-state index contributed by atoms with van der Waals surface area (Å²) in [4.78, 5) is 16.3. The SMILES string of the molecule is COc1ccc(C2(O)CCN(CC3CN(c4ccccc4OC)C(=O)O3)CC2)cc1. The number of methoxy groups -OCH3 is 2. The van der Waals surface area contributed by atoms with Gasteiger partial charge in [-0.05, 0) is 42.7 Å². The number of anilines is 1. The van der Waals surface area contributed by atoms with Gasteiger partial charge in [0.1, 0.15) is 17.6 Å². The maximum absolute atomic E-state index is 12.4. The van der Waals surface area contributed by atoms with E-state index >= 15 is 0 Å². The molecule has 4 rings (SSSR count). The number of carbonyl (C=O) groups excluding carboxylic acids is 1. The van der Waals surface area contributed by atoms with E-state index in [0.29, 0.717) is 31.7 Å². The zero-order valence-electron chi connectivity index (χ0n) is 17.4. The van der Waals surface area contributed by atoms with Gasteiger partial charge in [-0.15, -0.1) is 0 Å². The lowest BCUT2D eigenvalue weighted by Gasteiger charge is -2.39. The molecule has 1 N–H and O–H groups in total. The molecule has 160 valence electrons. The molecule has 2 aliphatic heterocycles. The molecule has 2 aromatic rings. The van der Waals surface area contributed by atoms with E-state index in [1.807, 2.05) is 48.5 Å². The van der Waals surface area contributed by atoms with Crippen molar-refractivity contribution < 1.29 is 24.1 Å². The van der Waals surface area contributed by atoms with Crippen LogP contribution in [0.15, 0.2) is 48.5 Å². The van der Waals surface area contributed by atoms with E-state index in [2.05, 4.69) is 4.90 Å². The highest BCUT2D eigenvalue weighted by atomic mass is 16.6. The van der Waals surface area contributed by atoms with Crippen molar-refractivity contribution >= 4 is 11.8 Å². The highest BCUT2D eigenvalue weighted by Crippen LogP contribution is 2.35. The van der Waals surface area contributed by atoms with Gasteiger partial charge in [-0.25, -0.2) is 4.79 Å². The molecule has 7 nitrogen and oxygen atoms in total. The molecule has 2 saturated heterocycles. The van der Waals surface area contributed by atoms with Gasteiger partial charge in [0.25, 0.3) is 0 Å². The second-order valence-corrected chi connectivity index (χ2v) is 7.85. The first-order valence-electron chi connectivity index (χ1n) is 10.2. The molecule has 7 heteroatoms. The van der Waals surface area contributed by atoms with Crippen LogP contribution in [-0.4, -0.2) is 62.6 Å². The Morgan fingerprint density at radius 2 is 1.77 bits per heavy atom.